The Bertz CT molecular complexity index is 925. The van der Waals surface area contributed by atoms with E-state index in [4.69, 9.17) is 4.74 Å². The summed E-state index contributed by atoms with van der Waals surface area (Å²) in [4.78, 5) is 0. The maximum atomic E-state index is 12.3. The van der Waals surface area contributed by atoms with Crippen LogP contribution in [0.2, 0.25) is 0 Å². The summed E-state index contributed by atoms with van der Waals surface area (Å²) in [6, 6.07) is 14.6. The number of benzene rings is 2. The van der Waals surface area contributed by atoms with Gasteiger partial charge < -0.3 is 4.74 Å². The van der Waals surface area contributed by atoms with Crippen molar-refractivity contribution in [3.05, 3.63) is 65.5 Å². The number of halogens is 3. The first kappa shape index (κ1) is 19.3. The lowest BCUT2D eigenvalue weighted by atomic mass is 10.2. The van der Waals surface area contributed by atoms with Crippen molar-refractivity contribution in [3.8, 4) is 11.4 Å². The van der Waals surface area contributed by atoms with E-state index in [9.17, 15) is 13.2 Å². The zero-order valence-corrected chi connectivity index (χ0v) is 15.6. The molecule has 0 spiro atoms. The predicted octanol–water partition coefficient (Wildman–Crippen LogP) is 5.12. The van der Waals surface area contributed by atoms with Crippen LogP contribution in [0.1, 0.15) is 17.0 Å². The molecule has 0 aliphatic carbocycles. The average molecular weight is 393 g/mol. The van der Waals surface area contributed by atoms with Gasteiger partial charge in [0.15, 0.2) is 11.8 Å². The van der Waals surface area contributed by atoms with Crippen molar-refractivity contribution in [1.82, 2.24) is 14.8 Å². The smallest absolute Gasteiger partial charge is 0.422 e. The first-order chi connectivity index (χ1) is 12.8. The summed E-state index contributed by atoms with van der Waals surface area (Å²) in [6.07, 6.45) is -4.35. The van der Waals surface area contributed by atoms with E-state index in [1.165, 1.54) is 17.8 Å². The normalized spacial score (nSPS) is 11.6. The van der Waals surface area contributed by atoms with Crippen LogP contribution in [0.25, 0.3) is 5.69 Å². The largest absolute Gasteiger partial charge is 0.484 e. The molecule has 1 aromatic heterocycles. The van der Waals surface area contributed by atoms with E-state index in [2.05, 4.69) is 10.2 Å². The van der Waals surface area contributed by atoms with Gasteiger partial charge in [-0.1, -0.05) is 42.1 Å². The Balaban J connectivity index is 1.74. The molecule has 0 bridgehead atoms. The Hall–Kier alpha value is -2.48. The zero-order valence-electron chi connectivity index (χ0n) is 14.8. The van der Waals surface area contributed by atoms with Crippen molar-refractivity contribution < 1.29 is 17.9 Å². The summed E-state index contributed by atoms with van der Waals surface area (Å²) in [6.45, 7) is 2.60. The molecule has 0 saturated heterocycles. The van der Waals surface area contributed by atoms with Gasteiger partial charge in [-0.25, -0.2) is 0 Å². The van der Waals surface area contributed by atoms with Gasteiger partial charge in [0.25, 0.3) is 0 Å². The van der Waals surface area contributed by atoms with Crippen molar-refractivity contribution in [1.29, 1.82) is 0 Å². The van der Waals surface area contributed by atoms with E-state index in [0.717, 1.165) is 27.8 Å². The van der Waals surface area contributed by atoms with Crippen molar-refractivity contribution in [2.24, 2.45) is 0 Å². The molecule has 3 aromatic rings. The summed E-state index contributed by atoms with van der Waals surface area (Å²) in [5.41, 5.74) is 2.95. The Morgan fingerprint density at radius 2 is 1.81 bits per heavy atom. The molecule has 27 heavy (non-hydrogen) atoms. The Labute approximate surface area is 159 Å². The topological polar surface area (TPSA) is 39.9 Å². The van der Waals surface area contributed by atoms with Gasteiger partial charge in [0.1, 0.15) is 11.6 Å². The summed E-state index contributed by atoms with van der Waals surface area (Å²) in [5.74, 6) is 1.50. The fourth-order valence-corrected chi connectivity index (χ4v) is 3.50. The van der Waals surface area contributed by atoms with Crippen LogP contribution >= 0.6 is 11.8 Å². The van der Waals surface area contributed by atoms with Crippen LogP contribution in [0.15, 0.2) is 53.7 Å². The van der Waals surface area contributed by atoms with Crippen molar-refractivity contribution in [3.63, 3.8) is 0 Å². The highest BCUT2D eigenvalue weighted by molar-refractivity contribution is 7.98. The summed E-state index contributed by atoms with van der Waals surface area (Å²) in [5, 5.41) is 9.12. The van der Waals surface area contributed by atoms with E-state index in [-0.39, 0.29) is 5.75 Å². The van der Waals surface area contributed by atoms with Gasteiger partial charge in [0, 0.05) is 5.75 Å². The molecule has 4 nitrogen and oxygen atoms in total. The molecule has 0 amide bonds. The van der Waals surface area contributed by atoms with E-state index >= 15 is 0 Å². The summed E-state index contributed by atoms with van der Waals surface area (Å²) < 4.78 is 43.7. The summed E-state index contributed by atoms with van der Waals surface area (Å²) in [7, 11) is 0. The number of aromatic nitrogens is 3. The second kappa shape index (κ2) is 8.04. The molecule has 3 rings (SSSR count). The van der Waals surface area contributed by atoms with Gasteiger partial charge in [-0.2, -0.15) is 13.2 Å². The first-order valence-corrected chi connectivity index (χ1v) is 9.21. The first-order valence-electron chi connectivity index (χ1n) is 8.23. The van der Waals surface area contributed by atoms with Gasteiger partial charge in [-0.3, -0.25) is 4.57 Å². The monoisotopic (exact) mass is 393 g/mol. The molecule has 8 heteroatoms. The Kier molecular flexibility index (Phi) is 5.74. The minimum Gasteiger partial charge on any atom is -0.484 e. The molecule has 0 fully saturated rings. The van der Waals surface area contributed by atoms with Gasteiger partial charge in [0.05, 0.1) is 5.69 Å². The number of aryl methyl sites for hydroxylation is 2. The second-order valence-corrected chi connectivity index (χ2v) is 6.93. The minimum atomic E-state index is -4.35. The number of ether oxygens (including phenoxy) is 1. The third-order valence-corrected chi connectivity index (χ3v) is 4.82. The van der Waals surface area contributed by atoms with Crippen LogP contribution in [0, 0.1) is 13.8 Å². The highest BCUT2D eigenvalue weighted by Crippen LogP contribution is 2.28. The molecule has 0 aliphatic heterocycles. The van der Waals surface area contributed by atoms with Gasteiger partial charge in [-0.05, 0) is 43.2 Å². The molecule has 142 valence electrons. The number of rotatable bonds is 6. The maximum absolute atomic E-state index is 12.3. The third kappa shape index (κ3) is 5.03. The van der Waals surface area contributed by atoms with Crippen LogP contribution in [0.3, 0.4) is 0 Å². The molecule has 0 radical (unpaired) electrons. The van der Waals surface area contributed by atoms with Gasteiger partial charge in [-0.15, -0.1) is 10.2 Å². The number of alkyl halides is 3. The third-order valence-electron chi connectivity index (χ3n) is 3.82. The lowest BCUT2D eigenvalue weighted by molar-refractivity contribution is -0.153. The van der Waals surface area contributed by atoms with Crippen LogP contribution in [-0.4, -0.2) is 27.5 Å². The van der Waals surface area contributed by atoms with Crippen LogP contribution in [-0.2, 0) is 5.75 Å². The Morgan fingerprint density at radius 3 is 2.56 bits per heavy atom. The molecule has 0 saturated carbocycles. The lowest BCUT2D eigenvalue weighted by Crippen LogP contribution is -2.19. The molecule has 1 heterocycles. The lowest BCUT2D eigenvalue weighted by Gasteiger charge is -2.12. The highest BCUT2D eigenvalue weighted by atomic mass is 32.2. The SMILES string of the molecule is Cc1ccccc1-n1c(C)nnc1SCc1cccc(OCC(F)(F)F)c1. The fraction of sp³-hybridized carbons (Fsp3) is 0.263. The number of para-hydroxylation sites is 1. The quantitative estimate of drug-likeness (QED) is 0.545. The van der Waals surface area contributed by atoms with E-state index in [0.29, 0.717) is 5.75 Å². The molecule has 0 unspecified atom stereocenters. The van der Waals surface area contributed by atoms with Crippen LogP contribution in [0.4, 0.5) is 13.2 Å². The molecule has 0 aliphatic rings. The minimum absolute atomic E-state index is 0.196. The van der Waals surface area contributed by atoms with Crippen molar-refractivity contribution >= 4 is 11.8 Å². The van der Waals surface area contributed by atoms with Crippen LogP contribution < -0.4 is 4.74 Å². The molecule has 0 atom stereocenters. The number of hydrogen-bond acceptors (Lipinski definition) is 4. The van der Waals surface area contributed by atoms with E-state index in [1.807, 2.05) is 48.7 Å². The highest BCUT2D eigenvalue weighted by Gasteiger charge is 2.28. The van der Waals surface area contributed by atoms with Crippen LogP contribution in [0.5, 0.6) is 5.75 Å². The summed E-state index contributed by atoms with van der Waals surface area (Å²) >= 11 is 1.47. The van der Waals surface area contributed by atoms with Gasteiger partial charge >= 0.3 is 6.18 Å². The predicted molar refractivity (Wildman–Crippen MR) is 98.4 cm³/mol. The second-order valence-electron chi connectivity index (χ2n) is 5.99. The number of hydrogen-bond donors (Lipinski definition) is 0. The fourth-order valence-electron chi connectivity index (χ4n) is 2.57. The molecule has 2 aromatic carbocycles. The number of thioether (sulfide) groups is 1. The Morgan fingerprint density at radius 1 is 1.04 bits per heavy atom. The molecule has 0 N–H and O–H groups in total. The van der Waals surface area contributed by atoms with Crippen molar-refractivity contribution in [2.75, 3.05) is 6.61 Å². The average Bonchev–Trinajstić information content (AvgIpc) is 2.99. The maximum Gasteiger partial charge on any atom is 0.422 e. The molecular weight excluding hydrogens is 375 g/mol. The van der Waals surface area contributed by atoms with E-state index < -0.39 is 12.8 Å². The van der Waals surface area contributed by atoms with E-state index in [1.54, 1.807) is 12.1 Å². The van der Waals surface area contributed by atoms with Gasteiger partial charge in [0.2, 0.25) is 0 Å². The molecular formula is C19H18F3N3OS. The number of nitrogens with zero attached hydrogens (tertiary/aromatic N) is 3. The zero-order chi connectivity index (χ0) is 19.4. The standard InChI is InChI=1S/C19H18F3N3OS/c1-13-6-3-4-9-17(13)25-14(2)23-24-18(25)27-11-15-7-5-8-16(10-15)26-12-19(20,21)22/h3-10H,11-12H2,1-2H3. The van der Waals surface area contributed by atoms with Crippen molar-refractivity contribution in [2.45, 2.75) is 30.9 Å².